The van der Waals surface area contributed by atoms with Crippen molar-refractivity contribution in [2.24, 2.45) is 0 Å². The zero-order valence-corrected chi connectivity index (χ0v) is 18.7. The highest BCUT2D eigenvalue weighted by molar-refractivity contribution is 7.93. The minimum absolute atomic E-state index is 0.0747. The molecule has 0 spiro atoms. The lowest BCUT2D eigenvalue weighted by molar-refractivity contribution is -0.115. The summed E-state index contributed by atoms with van der Waals surface area (Å²) in [5, 5.41) is 7.41. The Morgan fingerprint density at radius 2 is 1.84 bits per heavy atom. The van der Waals surface area contributed by atoms with Crippen molar-refractivity contribution in [3.8, 4) is 5.75 Å². The van der Waals surface area contributed by atoms with Crippen molar-refractivity contribution < 1.29 is 17.9 Å². The van der Waals surface area contributed by atoms with Crippen LogP contribution in [0.15, 0.2) is 71.1 Å². The van der Waals surface area contributed by atoms with Crippen LogP contribution in [0, 0.1) is 0 Å². The lowest BCUT2D eigenvalue weighted by Gasteiger charge is -2.09. The Balaban J connectivity index is 1.54. The second kappa shape index (κ2) is 10.2. The van der Waals surface area contributed by atoms with E-state index in [-0.39, 0.29) is 15.1 Å². The number of anilines is 2. The topological polar surface area (TPSA) is 109 Å². The Labute approximate surface area is 189 Å². The summed E-state index contributed by atoms with van der Waals surface area (Å²) in [4.78, 5) is 16.0. The van der Waals surface area contributed by atoms with E-state index in [1.165, 1.54) is 35.7 Å². The molecule has 3 rings (SSSR count). The molecule has 11 heteroatoms. The van der Waals surface area contributed by atoms with Gasteiger partial charge in [0.15, 0.2) is 10.2 Å². The van der Waals surface area contributed by atoms with E-state index in [1.807, 2.05) is 12.1 Å². The first kappa shape index (κ1) is 22.4. The molecule has 0 saturated carbocycles. The van der Waals surface area contributed by atoms with E-state index < -0.39 is 15.9 Å². The molecule has 0 unspecified atom stereocenters. The van der Waals surface area contributed by atoms with Crippen molar-refractivity contribution >= 4 is 61.5 Å². The SMILES string of the molecule is COc1ccc(C=CC(=O)NC(=S)Nc2ccc(S(=O)(=O)Nc3nccs3)cc2)cc1. The fourth-order valence-corrected chi connectivity index (χ4v) is 4.38. The standard InChI is InChI=1S/C20H18N4O4S3/c1-28-16-7-2-14(3-8-16)4-11-18(25)23-19(29)22-15-5-9-17(10-6-15)31(26,27)24-20-21-12-13-30-20/h2-13H,1H3,(H,21,24)(H2,22,23,25,29). The summed E-state index contributed by atoms with van der Waals surface area (Å²) in [6, 6.07) is 13.2. The number of carbonyl (C=O) groups excluding carboxylic acids is 1. The summed E-state index contributed by atoms with van der Waals surface area (Å²) in [5.41, 5.74) is 1.36. The summed E-state index contributed by atoms with van der Waals surface area (Å²) in [5.74, 6) is 0.324. The van der Waals surface area contributed by atoms with Crippen molar-refractivity contribution in [1.82, 2.24) is 10.3 Å². The molecule has 3 N–H and O–H groups in total. The van der Waals surface area contributed by atoms with Gasteiger partial charge in [0.1, 0.15) is 5.75 Å². The molecule has 0 fully saturated rings. The molecule has 0 aliphatic rings. The number of ether oxygens (including phenoxy) is 1. The van der Waals surface area contributed by atoms with Crippen molar-refractivity contribution in [2.75, 3.05) is 17.1 Å². The number of rotatable bonds is 7. The summed E-state index contributed by atoms with van der Waals surface area (Å²) in [6.45, 7) is 0. The molecule has 0 aliphatic carbocycles. The first-order valence-corrected chi connectivity index (χ1v) is 11.6. The zero-order valence-electron chi connectivity index (χ0n) is 16.2. The molecule has 2 aromatic carbocycles. The second-order valence-electron chi connectivity index (χ2n) is 6.02. The Bertz CT molecular complexity index is 1170. The Morgan fingerprint density at radius 3 is 2.45 bits per heavy atom. The third-order valence-electron chi connectivity index (χ3n) is 3.86. The number of nitrogens with one attached hydrogen (secondary N) is 3. The molecule has 3 aromatic rings. The maximum atomic E-state index is 12.3. The van der Waals surface area contributed by atoms with E-state index in [0.29, 0.717) is 5.69 Å². The number of nitrogens with zero attached hydrogens (tertiary/aromatic N) is 1. The lowest BCUT2D eigenvalue weighted by Crippen LogP contribution is -2.32. The molecule has 1 amide bonds. The quantitative estimate of drug-likeness (QED) is 0.355. The Hall–Kier alpha value is -3.28. The van der Waals surface area contributed by atoms with Crippen LogP contribution >= 0.6 is 23.6 Å². The minimum Gasteiger partial charge on any atom is -0.497 e. The third kappa shape index (κ3) is 6.60. The van der Waals surface area contributed by atoms with Crippen LogP contribution in [0.5, 0.6) is 5.75 Å². The van der Waals surface area contributed by atoms with E-state index in [1.54, 1.807) is 42.8 Å². The normalized spacial score (nSPS) is 11.1. The van der Waals surface area contributed by atoms with Crippen LogP contribution in [-0.4, -0.2) is 31.5 Å². The highest BCUT2D eigenvalue weighted by atomic mass is 32.2. The second-order valence-corrected chi connectivity index (χ2v) is 9.00. The van der Waals surface area contributed by atoms with Gasteiger partial charge in [-0.1, -0.05) is 12.1 Å². The fraction of sp³-hybridized carbons (Fsp3) is 0.0500. The average molecular weight is 475 g/mol. The summed E-state index contributed by atoms with van der Waals surface area (Å²) >= 11 is 6.31. The number of sulfonamides is 1. The number of hydrogen-bond acceptors (Lipinski definition) is 7. The van der Waals surface area contributed by atoms with Gasteiger partial charge in [0.2, 0.25) is 5.91 Å². The smallest absolute Gasteiger partial charge is 0.263 e. The molecule has 0 radical (unpaired) electrons. The predicted octanol–water partition coefficient (Wildman–Crippen LogP) is 3.48. The number of carbonyl (C=O) groups is 1. The van der Waals surface area contributed by atoms with Gasteiger partial charge in [-0.05, 0) is 60.3 Å². The highest BCUT2D eigenvalue weighted by Gasteiger charge is 2.15. The fourth-order valence-electron chi connectivity index (χ4n) is 2.37. The van der Waals surface area contributed by atoms with Gasteiger partial charge in [0, 0.05) is 23.3 Å². The molecule has 1 aromatic heterocycles. The van der Waals surface area contributed by atoms with Gasteiger partial charge in [-0.25, -0.2) is 13.4 Å². The number of aromatic nitrogens is 1. The number of benzene rings is 2. The van der Waals surface area contributed by atoms with Crippen molar-refractivity contribution in [3.05, 3.63) is 71.7 Å². The van der Waals surface area contributed by atoms with Gasteiger partial charge in [-0.2, -0.15) is 0 Å². The minimum atomic E-state index is -3.74. The number of thiazole rings is 1. The van der Waals surface area contributed by atoms with Crippen molar-refractivity contribution in [3.63, 3.8) is 0 Å². The van der Waals surface area contributed by atoms with Crippen LogP contribution in [0.25, 0.3) is 6.08 Å². The molecular formula is C20H18N4O4S3. The molecule has 0 atom stereocenters. The van der Waals surface area contributed by atoms with Gasteiger partial charge in [-0.3, -0.25) is 14.8 Å². The van der Waals surface area contributed by atoms with Crippen LogP contribution in [0.2, 0.25) is 0 Å². The summed E-state index contributed by atoms with van der Waals surface area (Å²) in [7, 11) is -2.15. The number of amides is 1. The predicted molar refractivity (Wildman–Crippen MR) is 126 cm³/mol. The molecule has 160 valence electrons. The first-order chi connectivity index (χ1) is 14.9. The van der Waals surface area contributed by atoms with Gasteiger partial charge in [-0.15, -0.1) is 11.3 Å². The van der Waals surface area contributed by atoms with Crippen LogP contribution in [0.1, 0.15) is 5.56 Å². The van der Waals surface area contributed by atoms with Crippen LogP contribution in [0.4, 0.5) is 10.8 Å². The monoisotopic (exact) mass is 474 g/mol. The van der Waals surface area contributed by atoms with Gasteiger partial charge >= 0.3 is 0 Å². The third-order valence-corrected chi connectivity index (χ3v) is 6.23. The van der Waals surface area contributed by atoms with E-state index in [2.05, 4.69) is 20.3 Å². The number of hydrogen-bond donors (Lipinski definition) is 3. The van der Waals surface area contributed by atoms with E-state index in [9.17, 15) is 13.2 Å². The number of thiocarbonyl (C=S) groups is 1. The summed E-state index contributed by atoms with van der Waals surface area (Å²) < 4.78 is 32.2. The van der Waals surface area contributed by atoms with E-state index in [4.69, 9.17) is 17.0 Å². The van der Waals surface area contributed by atoms with Crippen molar-refractivity contribution in [2.45, 2.75) is 4.90 Å². The van der Waals surface area contributed by atoms with Crippen molar-refractivity contribution in [1.29, 1.82) is 0 Å². The molecule has 0 bridgehead atoms. The maximum Gasteiger partial charge on any atom is 0.263 e. The molecule has 1 heterocycles. The van der Waals surface area contributed by atoms with Crippen LogP contribution in [-0.2, 0) is 14.8 Å². The maximum absolute atomic E-state index is 12.3. The molecule has 31 heavy (non-hydrogen) atoms. The van der Waals surface area contributed by atoms with Gasteiger partial charge in [0.05, 0.1) is 12.0 Å². The molecule has 8 nitrogen and oxygen atoms in total. The van der Waals surface area contributed by atoms with E-state index in [0.717, 1.165) is 11.3 Å². The number of methoxy groups -OCH3 is 1. The van der Waals surface area contributed by atoms with Gasteiger partial charge in [0.25, 0.3) is 10.0 Å². The van der Waals surface area contributed by atoms with Crippen LogP contribution in [0.3, 0.4) is 0 Å². The Morgan fingerprint density at radius 1 is 1.13 bits per heavy atom. The highest BCUT2D eigenvalue weighted by Crippen LogP contribution is 2.19. The van der Waals surface area contributed by atoms with E-state index >= 15 is 0 Å². The molecule has 0 aliphatic heterocycles. The molecule has 0 saturated heterocycles. The lowest BCUT2D eigenvalue weighted by atomic mass is 10.2. The van der Waals surface area contributed by atoms with Crippen LogP contribution < -0.4 is 20.1 Å². The first-order valence-electron chi connectivity index (χ1n) is 8.82. The zero-order chi connectivity index (χ0) is 22.3. The molecular weight excluding hydrogens is 456 g/mol. The average Bonchev–Trinajstić information content (AvgIpc) is 3.25. The van der Waals surface area contributed by atoms with Gasteiger partial charge < -0.3 is 10.1 Å². The largest absolute Gasteiger partial charge is 0.497 e. The Kier molecular flexibility index (Phi) is 7.34. The summed E-state index contributed by atoms with van der Waals surface area (Å²) in [6.07, 6.45) is 4.51.